The Morgan fingerprint density at radius 3 is 2.29 bits per heavy atom. The van der Waals surface area contributed by atoms with Crippen LogP contribution in [0.25, 0.3) is 0 Å². The highest BCUT2D eigenvalue weighted by Gasteiger charge is 2.43. The summed E-state index contributed by atoms with van der Waals surface area (Å²) in [6, 6.07) is 13.2. The maximum absolute atomic E-state index is 13.1. The summed E-state index contributed by atoms with van der Waals surface area (Å²) in [5, 5.41) is 21.4. The third-order valence-corrected chi connectivity index (χ3v) is 5.89. The van der Waals surface area contributed by atoms with Gasteiger partial charge in [-0.2, -0.15) is 5.26 Å². The van der Waals surface area contributed by atoms with Crippen LogP contribution in [0.5, 0.6) is 0 Å². The van der Waals surface area contributed by atoms with Gasteiger partial charge in [0.25, 0.3) is 5.69 Å². The summed E-state index contributed by atoms with van der Waals surface area (Å²) in [6.07, 6.45) is 0. The van der Waals surface area contributed by atoms with E-state index in [-0.39, 0.29) is 38.5 Å². The number of halogens is 1. The van der Waals surface area contributed by atoms with Crippen LogP contribution in [0.2, 0.25) is 0 Å². The lowest BCUT2D eigenvalue weighted by atomic mass is 9.80. The van der Waals surface area contributed by atoms with Gasteiger partial charge in [0.05, 0.1) is 48.0 Å². The Morgan fingerprint density at radius 1 is 1.18 bits per heavy atom. The maximum Gasteiger partial charge on any atom is 0.355 e. The number of hydrogen-bond acceptors (Lipinski definition) is 9. The molecule has 0 spiro atoms. The quantitative estimate of drug-likeness (QED) is 0.350. The molecule has 0 radical (unpaired) electrons. The number of nitro groups is 1. The van der Waals surface area contributed by atoms with E-state index in [0.717, 1.165) is 14.2 Å². The first-order chi connectivity index (χ1) is 16.2. The molecule has 2 aromatic rings. The zero-order chi connectivity index (χ0) is 25.2. The van der Waals surface area contributed by atoms with E-state index in [1.807, 2.05) is 0 Å². The average molecular weight is 527 g/mol. The number of ether oxygens (including phenoxy) is 2. The molecule has 0 bridgehead atoms. The van der Waals surface area contributed by atoms with Gasteiger partial charge in [0, 0.05) is 16.6 Å². The summed E-state index contributed by atoms with van der Waals surface area (Å²) in [5.74, 6) is -2.93. The molecule has 2 aromatic carbocycles. The molecule has 1 aliphatic rings. The second-order valence-electron chi connectivity index (χ2n) is 7.19. The van der Waals surface area contributed by atoms with Crippen LogP contribution in [0.4, 0.5) is 11.4 Å². The van der Waals surface area contributed by atoms with E-state index in [2.05, 4.69) is 22.0 Å². The average Bonchev–Trinajstić information content (AvgIpc) is 2.83. The van der Waals surface area contributed by atoms with Gasteiger partial charge in [-0.1, -0.05) is 30.3 Å². The van der Waals surface area contributed by atoms with Crippen molar-refractivity contribution in [2.24, 2.45) is 5.73 Å². The van der Waals surface area contributed by atoms with Crippen molar-refractivity contribution in [3.8, 4) is 6.07 Å². The zero-order valence-electron chi connectivity index (χ0n) is 18.4. The first-order valence-electron chi connectivity index (χ1n) is 9.78. The second-order valence-corrected chi connectivity index (χ2v) is 8.04. The molecule has 2 N–H and O–H groups in total. The highest BCUT2D eigenvalue weighted by molar-refractivity contribution is 9.10. The van der Waals surface area contributed by atoms with Crippen LogP contribution in [0.1, 0.15) is 17.0 Å². The van der Waals surface area contributed by atoms with Crippen molar-refractivity contribution in [1.82, 2.24) is 0 Å². The first kappa shape index (κ1) is 24.5. The number of methoxy groups -OCH3 is 2. The van der Waals surface area contributed by atoms with Crippen LogP contribution >= 0.6 is 15.9 Å². The van der Waals surface area contributed by atoms with E-state index in [9.17, 15) is 25.0 Å². The number of aryl methyl sites for hydroxylation is 1. The smallest absolute Gasteiger partial charge is 0.355 e. The minimum atomic E-state index is -1.01. The molecule has 11 heteroatoms. The third kappa shape index (κ3) is 4.11. The van der Waals surface area contributed by atoms with Crippen LogP contribution in [-0.4, -0.2) is 31.1 Å². The number of carbonyl (C=O) groups excluding carboxylic acids is 2. The van der Waals surface area contributed by atoms with Crippen molar-refractivity contribution in [1.29, 1.82) is 5.26 Å². The molecule has 0 aromatic heterocycles. The Labute approximate surface area is 203 Å². The number of nitrogens with zero attached hydrogens (tertiary/aromatic N) is 3. The molecule has 174 valence electrons. The van der Waals surface area contributed by atoms with Gasteiger partial charge in [-0.25, -0.2) is 9.59 Å². The molecule has 0 saturated carbocycles. The van der Waals surface area contributed by atoms with Crippen molar-refractivity contribution in [2.45, 2.75) is 12.8 Å². The summed E-state index contributed by atoms with van der Waals surface area (Å²) in [5.41, 5.74) is 6.92. The topological polar surface area (TPSA) is 149 Å². The normalized spacial score (nSPS) is 15.6. The minimum Gasteiger partial charge on any atom is -0.466 e. The van der Waals surface area contributed by atoms with Crippen LogP contribution in [0.15, 0.2) is 69.6 Å². The molecule has 1 unspecified atom stereocenters. The molecule has 0 amide bonds. The van der Waals surface area contributed by atoms with Gasteiger partial charge in [-0.15, -0.1) is 0 Å². The van der Waals surface area contributed by atoms with Gasteiger partial charge < -0.3 is 15.2 Å². The number of nitrogens with two attached hydrogens (primary N) is 1. The molecule has 1 heterocycles. The van der Waals surface area contributed by atoms with E-state index >= 15 is 0 Å². The molecule has 3 rings (SSSR count). The predicted molar refractivity (Wildman–Crippen MR) is 125 cm³/mol. The summed E-state index contributed by atoms with van der Waals surface area (Å²) in [6.45, 7) is 1.57. The largest absolute Gasteiger partial charge is 0.466 e. The number of carbonyl (C=O) groups is 2. The number of nitriles is 1. The van der Waals surface area contributed by atoms with E-state index in [1.165, 1.54) is 17.0 Å². The number of rotatable bonds is 5. The van der Waals surface area contributed by atoms with Gasteiger partial charge in [0.2, 0.25) is 0 Å². The lowest BCUT2D eigenvalue weighted by Crippen LogP contribution is -2.41. The standard InChI is InChI=1S/C23H19BrN4O6/c1-12-9-14(28(31)32)10-16(24)19(12)27-20(23(30)34-3)18(22(29)33-2)17(15(11-25)21(27)26)13-7-5-4-6-8-13/h4-10,17H,26H2,1-3H3. The monoisotopic (exact) mass is 526 g/mol. The van der Waals surface area contributed by atoms with Gasteiger partial charge in [0.15, 0.2) is 0 Å². The molecule has 0 saturated heterocycles. The molecule has 1 atom stereocenters. The van der Waals surface area contributed by atoms with E-state index in [4.69, 9.17) is 15.2 Å². The van der Waals surface area contributed by atoms with Gasteiger partial charge in [-0.3, -0.25) is 15.0 Å². The van der Waals surface area contributed by atoms with E-state index in [1.54, 1.807) is 37.3 Å². The molecule has 0 fully saturated rings. The Hall–Kier alpha value is -4.17. The van der Waals surface area contributed by atoms with Crippen molar-refractivity contribution < 1.29 is 24.0 Å². The fourth-order valence-electron chi connectivity index (χ4n) is 3.85. The van der Waals surface area contributed by atoms with Crippen LogP contribution in [0.3, 0.4) is 0 Å². The minimum absolute atomic E-state index is 0.0103. The predicted octanol–water partition coefficient (Wildman–Crippen LogP) is 3.56. The van der Waals surface area contributed by atoms with Crippen molar-refractivity contribution in [2.75, 3.05) is 19.1 Å². The number of esters is 2. The Balaban J connectivity index is 2.47. The Kier molecular flexibility index (Phi) is 7.03. The molecular formula is C23H19BrN4O6. The Morgan fingerprint density at radius 2 is 1.79 bits per heavy atom. The van der Waals surface area contributed by atoms with Crippen molar-refractivity contribution >= 4 is 39.2 Å². The summed E-state index contributed by atoms with van der Waals surface area (Å²) >= 11 is 3.31. The third-order valence-electron chi connectivity index (χ3n) is 5.28. The number of benzene rings is 2. The van der Waals surface area contributed by atoms with Crippen molar-refractivity contribution in [3.63, 3.8) is 0 Å². The second kappa shape index (κ2) is 9.76. The van der Waals surface area contributed by atoms with E-state index < -0.39 is 22.8 Å². The summed E-state index contributed by atoms with van der Waals surface area (Å²) in [7, 11) is 2.29. The molecule has 1 aliphatic heterocycles. The zero-order valence-corrected chi connectivity index (χ0v) is 20.0. The molecule has 34 heavy (non-hydrogen) atoms. The SMILES string of the molecule is COC(=O)C1=C(C(=O)OC)N(c2c(C)cc([N+](=O)[O-])cc2Br)C(N)=C(C#N)C1c1ccccc1. The number of nitro benzene ring substituents is 1. The summed E-state index contributed by atoms with van der Waals surface area (Å²) in [4.78, 5) is 38.1. The summed E-state index contributed by atoms with van der Waals surface area (Å²) < 4.78 is 10.2. The molecular weight excluding hydrogens is 508 g/mol. The van der Waals surface area contributed by atoms with E-state index in [0.29, 0.717) is 11.1 Å². The van der Waals surface area contributed by atoms with Gasteiger partial charge in [-0.05, 0) is 34.0 Å². The maximum atomic E-state index is 13.1. The number of allylic oxidation sites excluding steroid dienone is 1. The lowest BCUT2D eigenvalue weighted by Gasteiger charge is -2.36. The van der Waals surface area contributed by atoms with Crippen LogP contribution < -0.4 is 10.6 Å². The highest BCUT2D eigenvalue weighted by Crippen LogP contribution is 2.46. The molecule has 0 aliphatic carbocycles. The highest BCUT2D eigenvalue weighted by atomic mass is 79.9. The van der Waals surface area contributed by atoms with Crippen LogP contribution in [0, 0.1) is 28.4 Å². The number of hydrogen-bond donors (Lipinski definition) is 1. The number of anilines is 1. The fourth-order valence-corrected chi connectivity index (χ4v) is 4.58. The van der Waals surface area contributed by atoms with Gasteiger partial charge in [0.1, 0.15) is 11.5 Å². The first-order valence-corrected chi connectivity index (χ1v) is 10.6. The lowest BCUT2D eigenvalue weighted by molar-refractivity contribution is -0.385. The fraction of sp³-hybridized carbons (Fsp3) is 0.174. The Bertz CT molecular complexity index is 1270. The number of non-ortho nitro benzene ring substituents is 1. The van der Waals surface area contributed by atoms with Crippen molar-refractivity contribution in [3.05, 3.63) is 90.8 Å². The van der Waals surface area contributed by atoms with Crippen LogP contribution in [-0.2, 0) is 19.1 Å². The molecule has 10 nitrogen and oxygen atoms in total. The van der Waals surface area contributed by atoms with Gasteiger partial charge >= 0.3 is 11.9 Å².